The van der Waals surface area contributed by atoms with E-state index in [4.69, 9.17) is 4.74 Å². The molecule has 4 heteroatoms. The van der Waals surface area contributed by atoms with Gasteiger partial charge >= 0.3 is 5.97 Å². The van der Waals surface area contributed by atoms with E-state index in [1.807, 2.05) is 42.3 Å². The molecule has 1 unspecified atom stereocenters. The monoisotopic (exact) mass is 263 g/mol. The summed E-state index contributed by atoms with van der Waals surface area (Å²) in [5.74, 6) is -0.259. The lowest BCUT2D eigenvalue weighted by Gasteiger charge is -2.30. The number of carboxylic acids is 1. The molecular weight excluding hydrogens is 242 g/mol. The first-order valence-corrected chi connectivity index (χ1v) is 6.74. The normalized spacial score (nSPS) is 18.4. The van der Waals surface area contributed by atoms with Crippen molar-refractivity contribution in [3.63, 3.8) is 0 Å². The van der Waals surface area contributed by atoms with Crippen molar-refractivity contribution < 1.29 is 14.6 Å². The van der Waals surface area contributed by atoms with Gasteiger partial charge in [0.15, 0.2) is 0 Å². The Kier molecular flexibility index (Phi) is 4.93. The van der Waals surface area contributed by atoms with E-state index < -0.39 is 12.0 Å². The van der Waals surface area contributed by atoms with Crippen LogP contribution in [0.3, 0.4) is 0 Å². The van der Waals surface area contributed by atoms with E-state index >= 15 is 0 Å². The molecule has 4 nitrogen and oxygen atoms in total. The first-order valence-electron chi connectivity index (χ1n) is 6.74. The molecule has 104 valence electrons. The van der Waals surface area contributed by atoms with Gasteiger partial charge in [0.2, 0.25) is 0 Å². The van der Waals surface area contributed by atoms with Crippen LogP contribution in [0.4, 0.5) is 0 Å². The van der Waals surface area contributed by atoms with Gasteiger partial charge in [-0.15, -0.1) is 0 Å². The maximum Gasteiger partial charge on any atom is 0.325 e. The molecule has 0 saturated carbocycles. The van der Waals surface area contributed by atoms with Crippen LogP contribution >= 0.6 is 0 Å². The minimum atomic E-state index is -0.791. The average Bonchev–Trinajstić information content (AvgIpc) is 2.40. The van der Waals surface area contributed by atoms with Crippen LogP contribution in [0.25, 0.3) is 0 Å². The molecule has 2 rings (SSSR count). The van der Waals surface area contributed by atoms with E-state index in [9.17, 15) is 9.90 Å². The lowest BCUT2D eigenvalue weighted by atomic mass is 9.98. The van der Waals surface area contributed by atoms with Gasteiger partial charge in [0.05, 0.1) is 0 Å². The first kappa shape index (κ1) is 14.0. The molecule has 1 N–H and O–H groups in total. The van der Waals surface area contributed by atoms with Crippen LogP contribution in [0.1, 0.15) is 24.4 Å². The maximum atomic E-state index is 11.5. The molecule has 1 fully saturated rings. The number of rotatable bonds is 5. The third kappa shape index (κ3) is 3.78. The van der Waals surface area contributed by atoms with Crippen LogP contribution in [-0.4, -0.2) is 42.8 Å². The summed E-state index contributed by atoms with van der Waals surface area (Å²) >= 11 is 0. The second kappa shape index (κ2) is 6.68. The predicted octanol–water partition coefficient (Wildman–Crippen LogP) is 2.17. The van der Waals surface area contributed by atoms with Gasteiger partial charge in [0.25, 0.3) is 0 Å². The number of hydrogen-bond acceptors (Lipinski definition) is 3. The average molecular weight is 263 g/mol. The highest BCUT2D eigenvalue weighted by molar-refractivity contribution is 5.75. The summed E-state index contributed by atoms with van der Waals surface area (Å²) in [6.45, 7) is 2.39. The number of carbonyl (C=O) groups is 1. The highest BCUT2D eigenvalue weighted by Gasteiger charge is 2.27. The number of aliphatic carboxylic acids is 1. The molecule has 1 aromatic rings. The Labute approximate surface area is 114 Å². The van der Waals surface area contributed by atoms with Crippen molar-refractivity contribution >= 4 is 5.97 Å². The summed E-state index contributed by atoms with van der Waals surface area (Å²) in [5, 5.41) is 9.46. The number of hydrogen-bond donors (Lipinski definition) is 1. The van der Waals surface area contributed by atoms with E-state index in [-0.39, 0.29) is 0 Å². The van der Waals surface area contributed by atoms with Gasteiger partial charge in [-0.25, -0.2) is 0 Å². The van der Waals surface area contributed by atoms with Crippen molar-refractivity contribution in [2.24, 2.45) is 5.92 Å². The Balaban J connectivity index is 2.04. The van der Waals surface area contributed by atoms with Gasteiger partial charge < -0.3 is 9.84 Å². The molecule has 19 heavy (non-hydrogen) atoms. The highest BCUT2D eigenvalue weighted by atomic mass is 16.5. The van der Waals surface area contributed by atoms with Crippen LogP contribution in [0.2, 0.25) is 0 Å². The van der Waals surface area contributed by atoms with Crippen LogP contribution in [0, 0.1) is 5.92 Å². The summed E-state index contributed by atoms with van der Waals surface area (Å²) in [6, 6.07) is 8.85. The Morgan fingerprint density at radius 3 is 2.58 bits per heavy atom. The molecule has 1 saturated heterocycles. The summed E-state index contributed by atoms with van der Waals surface area (Å²) in [7, 11) is 1.89. The second-order valence-electron chi connectivity index (χ2n) is 5.15. The fourth-order valence-corrected chi connectivity index (χ4v) is 2.66. The standard InChI is InChI=1S/C15H21NO3/c1-16(11-12-7-9-19-10-8-12)14(15(17)18)13-5-3-2-4-6-13/h2-6,12,14H,7-11H2,1H3,(H,17,18). The zero-order valence-electron chi connectivity index (χ0n) is 11.3. The zero-order valence-corrected chi connectivity index (χ0v) is 11.3. The smallest absolute Gasteiger partial charge is 0.325 e. The van der Waals surface area contributed by atoms with Gasteiger partial charge in [0, 0.05) is 19.8 Å². The third-order valence-electron chi connectivity index (χ3n) is 3.68. The van der Waals surface area contributed by atoms with Gasteiger partial charge in [-0.05, 0) is 31.4 Å². The van der Waals surface area contributed by atoms with Crippen molar-refractivity contribution in [1.82, 2.24) is 4.90 Å². The quantitative estimate of drug-likeness (QED) is 0.884. The Bertz CT molecular complexity index is 401. The van der Waals surface area contributed by atoms with Gasteiger partial charge in [-0.3, -0.25) is 9.69 Å². The molecule has 0 radical (unpaired) electrons. The largest absolute Gasteiger partial charge is 0.480 e. The van der Waals surface area contributed by atoms with Gasteiger partial charge in [-0.1, -0.05) is 30.3 Å². The van der Waals surface area contributed by atoms with Gasteiger partial charge in [0.1, 0.15) is 6.04 Å². The number of carboxylic acid groups (broad SMARTS) is 1. The summed E-state index contributed by atoms with van der Waals surface area (Å²) in [6.07, 6.45) is 2.04. The van der Waals surface area contributed by atoms with Crippen molar-refractivity contribution in [3.8, 4) is 0 Å². The Morgan fingerprint density at radius 2 is 2.00 bits per heavy atom. The number of benzene rings is 1. The third-order valence-corrected chi connectivity index (χ3v) is 3.68. The second-order valence-corrected chi connectivity index (χ2v) is 5.15. The molecule has 1 aliphatic heterocycles. The summed E-state index contributed by atoms with van der Waals surface area (Å²) in [4.78, 5) is 13.5. The highest BCUT2D eigenvalue weighted by Crippen LogP contribution is 2.23. The minimum absolute atomic E-state index is 0.532. The summed E-state index contributed by atoms with van der Waals surface area (Å²) in [5.41, 5.74) is 0.838. The Morgan fingerprint density at radius 1 is 1.37 bits per heavy atom. The van der Waals surface area contributed by atoms with E-state index in [2.05, 4.69) is 0 Å². The van der Waals surface area contributed by atoms with Crippen molar-refractivity contribution in [1.29, 1.82) is 0 Å². The van der Waals surface area contributed by atoms with E-state index in [0.717, 1.165) is 38.2 Å². The molecular formula is C15H21NO3. The maximum absolute atomic E-state index is 11.5. The molecule has 0 aliphatic carbocycles. The lowest BCUT2D eigenvalue weighted by molar-refractivity contribution is -0.143. The Hall–Kier alpha value is -1.39. The molecule has 1 heterocycles. The molecule has 0 amide bonds. The van der Waals surface area contributed by atoms with Crippen LogP contribution in [0.15, 0.2) is 30.3 Å². The molecule has 0 spiro atoms. The molecule has 0 aromatic heterocycles. The number of nitrogens with zero attached hydrogens (tertiary/aromatic N) is 1. The fourth-order valence-electron chi connectivity index (χ4n) is 2.66. The summed E-state index contributed by atoms with van der Waals surface area (Å²) < 4.78 is 5.34. The molecule has 1 atom stereocenters. The molecule has 1 aliphatic rings. The van der Waals surface area contributed by atoms with Gasteiger partial charge in [-0.2, -0.15) is 0 Å². The van der Waals surface area contributed by atoms with Crippen LogP contribution in [0.5, 0.6) is 0 Å². The van der Waals surface area contributed by atoms with Crippen LogP contribution in [-0.2, 0) is 9.53 Å². The predicted molar refractivity (Wildman–Crippen MR) is 73.0 cm³/mol. The molecule has 1 aromatic carbocycles. The number of ether oxygens (including phenoxy) is 1. The fraction of sp³-hybridized carbons (Fsp3) is 0.533. The van der Waals surface area contributed by atoms with E-state index in [1.54, 1.807) is 0 Å². The van der Waals surface area contributed by atoms with E-state index in [0.29, 0.717) is 5.92 Å². The number of likely N-dealkylation sites (N-methyl/N-ethyl adjacent to an activating group) is 1. The van der Waals surface area contributed by atoms with Crippen molar-refractivity contribution in [2.45, 2.75) is 18.9 Å². The SMILES string of the molecule is CN(CC1CCOCC1)C(C(=O)O)c1ccccc1. The minimum Gasteiger partial charge on any atom is -0.480 e. The van der Waals surface area contributed by atoms with E-state index in [1.165, 1.54) is 0 Å². The zero-order chi connectivity index (χ0) is 13.7. The lowest BCUT2D eigenvalue weighted by Crippen LogP contribution is -2.36. The van der Waals surface area contributed by atoms with Crippen molar-refractivity contribution in [3.05, 3.63) is 35.9 Å². The first-order chi connectivity index (χ1) is 9.18. The van der Waals surface area contributed by atoms with Crippen LogP contribution < -0.4 is 0 Å². The van der Waals surface area contributed by atoms with Crippen molar-refractivity contribution in [2.75, 3.05) is 26.8 Å². The topological polar surface area (TPSA) is 49.8 Å². The molecule has 0 bridgehead atoms.